The third kappa shape index (κ3) is 6.03. The van der Waals surface area contributed by atoms with Crippen molar-refractivity contribution in [2.75, 3.05) is 6.61 Å². The Hall–Kier alpha value is -1.49. The molecule has 1 amide bonds. The Morgan fingerprint density at radius 1 is 1.43 bits per heavy atom. The van der Waals surface area contributed by atoms with Crippen LogP contribution >= 0.6 is 8.53 Å². The average molecular weight is 439 g/mol. The van der Waals surface area contributed by atoms with Gasteiger partial charge in [0.15, 0.2) is 0 Å². The molecule has 1 fully saturated rings. The lowest BCUT2D eigenvalue weighted by molar-refractivity contribution is -0.118. The molecule has 0 radical (unpaired) electrons. The number of nitriles is 1. The molecule has 0 bridgehead atoms. The van der Waals surface area contributed by atoms with Gasteiger partial charge in [0.25, 0.3) is 14.4 Å². The van der Waals surface area contributed by atoms with Crippen LogP contribution in [0.2, 0.25) is 0 Å². The maximum atomic E-state index is 11.8. The molecule has 1 N–H and O–H groups in total. The fraction of sp³-hybridized carbons (Fsp3) is 0.714. The van der Waals surface area contributed by atoms with Gasteiger partial charge in [-0.2, -0.15) is 5.26 Å². The highest BCUT2D eigenvalue weighted by Crippen LogP contribution is 2.49. The van der Waals surface area contributed by atoms with Crippen molar-refractivity contribution in [3.63, 3.8) is 0 Å². The third-order valence-corrected chi connectivity index (χ3v) is 7.20. The van der Waals surface area contributed by atoms with Crippen molar-refractivity contribution in [2.45, 2.75) is 91.3 Å². The molecule has 4 atom stereocenters. The minimum Gasteiger partial charge on any atom is -0.352 e. The number of nitrogens with zero attached hydrogens (tertiary/aromatic N) is 3. The highest BCUT2D eigenvalue weighted by atomic mass is 31.2. The van der Waals surface area contributed by atoms with E-state index in [1.807, 2.05) is 4.90 Å². The van der Waals surface area contributed by atoms with Crippen molar-refractivity contribution >= 4 is 14.4 Å². The zero-order chi connectivity index (χ0) is 22.4. The first kappa shape index (κ1) is 24.8. The van der Waals surface area contributed by atoms with E-state index in [-0.39, 0.29) is 36.4 Å². The minimum absolute atomic E-state index is 0.0973. The van der Waals surface area contributed by atoms with Crippen LogP contribution in [0.4, 0.5) is 0 Å². The summed E-state index contributed by atoms with van der Waals surface area (Å²) in [5.74, 6) is 0.359. The SMILES string of the molecule is C=C1NC(=O)C(C)=CN1[C@H]1CC(OP(OCCC#N)N(C(C)C)C(C)C)[C@@H](CC)O1. The van der Waals surface area contributed by atoms with Gasteiger partial charge < -0.3 is 24.0 Å². The lowest BCUT2D eigenvalue weighted by Crippen LogP contribution is -2.42. The molecule has 2 rings (SSSR count). The molecule has 168 valence electrons. The van der Waals surface area contributed by atoms with E-state index in [9.17, 15) is 4.79 Å². The van der Waals surface area contributed by atoms with Gasteiger partial charge in [-0.05, 0) is 41.0 Å². The van der Waals surface area contributed by atoms with Gasteiger partial charge in [-0.25, -0.2) is 4.67 Å². The van der Waals surface area contributed by atoms with Crippen LogP contribution in [0, 0.1) is 11.3 Å². The molecule has 1 saturated heterocycles. The summed E-state index contributed by atoms with van der Waals surface area (Å²) in [5, 5.41) is 11.7. The number of ether oxygens (including phenoxy) is 1. The Labute approximate surface area is 181 Å². The summed E-state index contributed by atoms with van der Waals surface area (Å²) in [6.07, 6.45) is 2.99. The maximum Gasteiger partial charge on any atom is 0.259 e. The molecule has 0 aromatic heterocycles. The van der Waals surface area contributed by atoms with Crippen molar-refractivity contribution in [1.82, 2.24) is 14.9 Å². The number of carbonyl (C=O) groups is 1. The van der Waals surface area contributed by atoms with Gasteiger partial charge in [0, 0.05) is 30.3 Å². The second-order valence-corrected chi connectivity index (χ2v) is 9.49. The van der Waals surface area contributed by atoms with Crippen molar-refractivity contribution < 1.29 is 18.6 Å². The first-order valence-electron chi connectivity index (χ1n) is 10.6. The van der Waals surface area contributed by atoms with Crippen LogP contribution in [-0.2, 0) is 18.6 Å². The summed E-state index contributed by atoms with van der Waals surface area (Å²) in [6.45, 7) is 16.6. The Balaban J connectivity index is 2.17. The molecule has 2 heterocycles. The molecule has 0 aromatic carbocycles. The van der Waals surface area contributed by atoms with Crippen LogP contribution in [-0.4, -0.2) is 52.6 Å². The lowest BCUT2D eigenvalue weighted by Gasteiger charge is -2.37. The fourth-order valence-electron chi connectivity index (χ4n) is 3.65. The molecule has 9 heteroatoms. The van der Waals surface area contributed by atoms with E-state index in [0.29, 0.717) is 30.8 Å². The lowest BCUT2D eigenvalue weighted by atomic mass is 10.1. The van der Waals surface area contributed by atoms with Crippen molar-refractivity contribution in [2.24, 2.45) is 0 Å². The summed E-state index contributed by atoms with van der Waals surface area (Å²) < 4.78 is 21.1. The number of carbonyl (C=O) groups excluding carboxylic acids is 1. The Morgan fingerprint density at radius 3 is 2.67 bits per heavy atom. The van der Waals surface area contributed by atoms with Crippen LogP contribution < -0.4 is 5.32 Å². The average Bonchev–Trinajstić information content (AvgIpc) is 3.06. The van der Waals surface area contributed by atoms with E-state index < -0.39 is 8.53 Å². The number of hydrogen-bond acceptors (Lipinski definition) is 7. The second-order valence-electron chi connectivity index (χ2n) is 8.08. The second kappa shape index (κ2) is 11.2. The normalized spacial score (nSPS) is 25.7. The summed E-state index contributed by atoms with van der Waals surface area (Å²) in [5.41, 5.74) is 0.608. The largest absolute Gasteiger partial charge is 0.352 e. The topological polar surface area (TPSA) is 87.1 Å². The standard InChI is InChI=1S/C21H35N4O4P/c1-8-18-19(12-20(28-18)24-13-16(6)21(26)23-17(24)7)29-30(27-11-9-10-22)25(14(2)3)15(4)5/h13-15,18-20H,7-9,11-12H2,1-6H3,(H,23,26)/t18-,19?,20-,30?/m1/s1. The summed E-state index contributed by atoms with van der Waals surface area (Å²) in [6, 6.07) is 2.60. The van der Waals surface area contributed by atoms with Gasteiger partial charge >= 0.3 is 0 Å². The highest BCUT2D eigenvalue weighted by Gasteiger charge is 2.42. The molecule has 2 unspecified atom stereocenters. The van der Waals surface area contributed by atoms with Crippen molar-refractivity contribution in [3.8, 4) is 6.07 Å². The molecule has 2 aliphatic heterocycles. The quantitative estimate of drug-likeness (QED) is 0.408. The number of rotatable bonds is 10. The predicted octanol–water partition coefficient (Wildman–Crippen LogP) is 3.98. The van der Waals surface area contributed by atoms with Gasteiger partial charge in [-0.3, -0.25) is 4.79 Å². The monoisotopic (exact) mass is 438 g/mol. The molecule has 30 heavy (non-hydrogen) atoms. The number of amides is 1. The minimum atomic E-state index is -1.35. The molecular weight excluding hydrogens is 403 g/mol. The smallest absolute Gasteiger partial charge is 0.259 e. The zero-order valence-corrected chi connectivity index (χ0v) is 19.8. The van der Waals surface area contributed by atoms with E-state index in [0.717, 1.165) is 6.42 Å². The van der Waals surface area contributed by atoms with Crippen LogP contribution in [0.5, 0.6) is 0 Å². The van der Waals surface area contributed by atoms with E-state index in [4.69, 9.17) is 19.0 Å². The summed E-state index contributed by atoms with van der Waals surface area (Å²) in [7, 11) is -1.35. The Morgan fingerprint density at radius 2 is 2.10 bits per heavy atom. The van der Waals surface area contributed by atoms with Gasteiger partial charge in [0.05, 0.1) is 31.3 Å². The summed E-state index contributed by atoms with van der Waals surface area (Å²) in [4.78, 5) is 13.7. The van der Waals surface area contributed by atoms with Crippen LogP contribution in [0.25, 0.3) is 0 Å². The Kier molecular flexibility index (Phi) is 9.27. The molecule has 0 saturated carbocycles. The highest BCUT2D eigenvalue weighted by molar-refractivity contribution is 7.44. The van der Waals surface area contributed by atoms with Gasteiger partial charge in [-0.1, -0.05) is 13.5 Å². The zero-order valence-electron chi connectivity index (χ0n) is 18.9. The van der Waals surface area contributed by atoms with Gasteiger partial charge in [-0.15, -0.1) is 0 Å². The van der Waals surface area contributed by atoms with E-state index in [2.05, 4.69) is 57.3 Å². The Bertz CT molecular complexity index is 683. The molecule has 0 spiro atoms. The van der Waals surface area contributed by atoms with E-state index >= 15 is 0 Å². The van der Waals surface area contributed by atoms with Crippen LogP contribution in [0.15, 0.2) is 24.2 Å². The molecule has 8 nitrogen and oxygen atoms in total. The third-order valence-electron chi connectivity index (χ3n) is 5.04. The van der Waals surface area contributed by atoms with Gasteiger partial charge in [0.2, 0.25) is 0 Å². The fourth-order valence-corrected chi connectivity index (χ4v) is 5.41. The number of nitrogens with one attached hydrogen (secondary N) is 1. The van der Waals surface area contributed by atoms with Crippen molar-refractivity contribution in [3.05, 3.63) is 24.2 Å². The van der Waals surface area contributed by atoms with Crippen LogP contribution in [0.3, 0.4) is 0 Å². The van der Waals surface area contributed by atoms with Crippen molar-refractivity contribution in [1.29, 1.82) is 5.26 Å². The van der Waals surface area contributed by atoms with E-state index in [1.54, 1.807) is 13.1 Å². The maximum absolute atomic E-state index is 11.8. The van der Waals surface area contributed by atoms with Gasteiger partial charge in [0.1, 0.15) is 12.0 Å². The molecule has 0 aliphatic carbocycles. The summed E-state index contributed by atoms with van der Waals surface area (Å²) >= 11 is 0. The predicted molar refractivity (Wildman–Crippen MR) is 117 cm³/mol. The first-order valence-corrected chi connectivity index (χ1v) is 11.7. The first-order chi connectivity index (χ1) is 14.2. The molecule has 2 aliphatic rings. The molecular formula is C21H35N4O4P. The molecule has 0 aromatic rings. The number of hydrogen-bond donors (Lipinski definition) is 1. The van der Waals surface area contributed by atoms with Crippen LogP contribution in [0.1, 0.15) is 60.8 Å². The van der Waals surface area contributed by atoms with E-state index in [1.165, 1.54) is 0 Å².